The molecule has 4 nitrogen and oxygen atoms in total. The van der Waals surface area contributed by atoms with Crippen molar-refractivity contribution in [3.63, 3.8) is 0 Å². The van der Waals surface area contributed by atoms with Crippen molar-refractivity contribution in [2.24, 2.45) is 0 Å². The summed E-state index contributed by atoms with van der Waals surface area (Å²) in [6, 6.07) is 14.2. The molecular formula is C26H27Cl2N3O. The van der Waals surface area contributed by atoms with Gasteiger partial charge in [0.25, 0.3) is 0 Å². The zero-order valence-electron chi connectivity index (χ0n) is 18.4. The molecule has 0 amide bonds. The minimum atomic E-state index is -0.299. The summed E-state index contributed by atoms with van der Waals surface area (Å²) in [6.45, 7) is 5.33. The third-order valence-corrected chi connectivity index (χ3v) is 7.06. The Morgan fingerprint density at radius 1 is 1.12 bits per heavy atom. The summed E-state index contributed by atoms with van der Waals surface area (Å²) in [6.07, 6.45) is 4.25. The normalized spacial score (nSPS) is 19.8. The SMILES string of the molecule is CCOC[C@]1(Nc2nc(C3CC3)c(-c3ccc(Cl)cc3Cl)nc2C)CCc2ccccc21. The average molecular weight is 468 g/mol. The van der Waals surface area contributed by atoms with Crippen LogP contribution in [0.25, 0.3) is 11.3 Å². The van der Waals surface area contributed by atoms with Crippen LogP contribution >= 0.6 is 23.2 Å². The molecule has 0 spiro atoms. The summed E-state index contributed by atoms with van der Waals surface area (Å²) in [5.41, 5.74) is 5.99. The van der Waals surface area contributed by atoms with E-state index in [2.05, 4.69) is 29.6 Å². The smallest absolute Gasteiger partial charge is 0.148 e. The summed E-state index contributed by atoms with van der Waals surface area (Å²) in [5, 5.41) is 5.01. The lowest BCUT2D eigenvalue weighted by Gasteiger charge is -2.33. The van der Waals surface area contributed by atoms with Gasteiger partial charge in [-0.2, -0.15) is 0 Å². The fourth-order valence-corrected chi connectivity index (χ4v) is 5.18. The lowest BCUT2D eigenvalue weighted by molar-refractivity contribution is 0.102. The number of hydrogen-bond donors (Lipinski definition) is 1. The number of aryl methyl sites for hydroxylation is 2. The second kappa shape index (κ2) is 8.66. The van der Waals surface area contributed by atoms with Gasteiger partial charge in [-0.3, -0.25) is 0 Å². The molecule has 2 aliphatic rings. The van der Waals surface area contributed by atoms with Gasteiger partial charge in [-0.05, 0) is 68.9 Å². The Hall–Kier alpha value is -2.14. The molecule has 2 aliphatic carbocycles. The van der Waals surface area contributed by atoms with E-state index in [9.17, 15) is 0 Å². The molecule has 0 radical (unpaired) electrons. The maximum atomic E-state index is 6.54. The second-order valence-electron chi connectivity index (χ2n) is 8.79. The number of anilines is 1. The summed E-state index contributed by atoms with van der Waals surface area (Å²) >= 11 is 12.7. The first-order valence-corrected chi connectivity index (χ1v) is 12.0. The van der Waals surface area contributed by atoms with Crippen molar-refractivity contribution in [3.05, 3.63) is 75.0 Å². The highest BCUT2D eigenvalue weighted by Gasteiger charge is 2.40. The van der Waals surface area contributed by atoms with Crippen LogP contribution in [-0.4, -0.2) is 23.2 Å². The number of nitrogens with one attached hydrogen (secondary N) is 1. The Morgan fingerprint density at radius 2 is 1.94 bits per heavy atom. The first-order valence-electron chi connectivity index (χ1n) is 11.3. The number of halogens is 2. The Kier molecular flexibility index (Phi) is 5.87. The first-order chi connectivity index (χ1) is 15.5. The molecule has 6 heteroatoms. The number of benzene rings is 2. The molecule has 166 valence electrons. The summed E-state index contributed by atoms with van der Waals surface area (Å²) in [7, 11) is 0. The summed E-state index contributed by atoms with van der Waals surface area (Å²) in [5.74, 6) is 1.25. The lowest BCUT2D eigenvalue weighted by Crippen LogP contribution is -2.39. The third-order valence-electron chi connectivity index (χ3n) is 6.51. The number of fused-ring (bicyclic) bond motifs is 1. The third kappa shape index (κ3) is 4.00. The molecule has 1 N–H and O–H groups in total. The van der Waals surface area contributed by atoms with Crippen molar-refractivity contribution in [3.8, 4) is 11.3 Å². The minimum Gasteiger partial charge on any atom is -0.379 e. The van der Waals surface area contributed by atoms with Gasteiger partial charge in [-0.25, -0.2) is 9.97 Å². The predicted octanol–water partition coefficient (Wildman–Crippen LogP) is 6.93. The van der Waals surface area contributed by atoms with E-state index in [0.717, 1.165) is 54.1 Å². The van der Waals surface area contributed by atoms with Crippen LogP contribution in [0.4, 0.5) is 5.82 Å². The largest absolute Gasteiger partial charge is 0.379 e. The fraction of sp³-hybridized carbons (Fsp3) is 0.385. The van der Waals surface area contributed by atoms with E-state index in [4.69, 9.17) is 37.9 Å². The van der Waals surface area contributed by atoms with Crippen LogP contribution in [0.2, 0.25) is 10.0 Å². The summed E-state index contributed by atoms with van der Waals surface area (Å²) in [4.78, 5) is 10.2. The second-order valence-corrected chi connectivity index (χ2v) is 9.63. The number of rotatable bonds is 7. The average Bonchev–Trinajstić information content (AvgIpc) is 3.57. The highest BCUT2D eigenvalue weighted by atomic mass is 35.5. The highest BCUT2D eigenvalue weighted by molar-refractivity contribution is 6.36. The quantitative estimate of drug-likeness (QED) is 0.409. The van der Waals surface area contributed by atoms with Gasteiger partial charge in [0.1, 0.15) is 5.82 Å². The van der Waals surface area contributed by atoms with Gasteiger partial charge in [0.05, 0.1) is 34.3 Å². The molecule has 3 aromatic rings. The molecule has 1 heterocycles. The highest BCUT2D eigenvalue weighted by Crippen LogP contribution is 2.46. The topological polar surface area (TPSA) is 47.0 Å². The molecule has 1 atom stereocenters. The number of nitrogens with zero attached hydrogens (tertiary/aromatic N) is 2. The van der Waals surface area contributed by atoms with Crippen molar-refractivity contribution in [1.29, 1.82) is 0 Å². The van der Waals surface area contributed by atoms with Gasteiger partial charge >= 0.3 is 0 Å². The summed E-state index contributed by atoms with van der Waals surface area (Å²) < 4.78 is 5.96. The number of aromatic nitrogens is 2. The van der Waals surface area contributed by atoms with E-state index in [1.807, 2.05) is 26.0 Å². The van der Waals surface area contributed by atoms with Crippen LogP contribution < -0.4 is 5.32 Å². The predicted molar refractivity (Wildman–Crippen MR) is 131 cm³/mol. The molecule has 0 unspecified atom stereocenters. The Bertz CT molecular complexity index is 1160. The zero-order chi connectivity index (χ0) is 22.3. The van der Waals surface area contributed by atoms with E-state index in [1.165, 1.54) is 11.1 Å². The molecule has 0 aliphatic heterocycles. The number of ether oxygens (including phenoxy) is 1. The Labute approximate surface area is 199 Å². The maximum absolute atomic E-state index is 6.54. The van der Waals surface area contributed by atoms with Crippen molar-refractivity contribution in [2.75, 3.05) is 18.5 Å². The minimum absolute atomic E-state index is 0.299. The van der Waals surface area contributed by atoms with Crippen LogP contribution in [0.3, 0.4) is 0 Å². The molecule has 1 fully saturated rings. The zero-order valence-corrected chi connectivity index (χ0v) is 19.9. The van der Waals surface area contributed by atoms with Crippen molar-refractivity contribution in [2.45, 2.75) is 51.0 Å². The Morgan fingerprint density at radius 3 is 2.69 bits per heavy atom. The van der Waals surface area contributed by atoms with Gasteiger partial charge in [0.15, 0.2) is 0 Å². The van der Waals surface area contributed by atoms with Gasteiger partial charge in [0, 0.05) is 23.1 Å². The lowest BCUT2D eigenvalue weighted by atomic mass is 9.92. The molecule has 0 bridgehead atoms. The van der Waals surface area contributed by atoms with Crippen LogP contribution in [0.1, 0.15) is 54.6 Å². The van der Waals surface area contributed by atoms with Crippen LogP contribution in [0, 0.1) is 6.92 Å². The molecule has 5 rings (SSSR count). The van der Waals surface area contributed by atoms with E-state index < -0.39 is 0 Å². The molecule has 1 aromatic heterocycles. The van der Waals surface area contributed by atoms with Crippen molar-refractivity contribution >= 4 is 29.0 Å². The first kappa shape index (κ1) is 21.7. The fourth-order valence-electron chi connectivity index (χ4n) is 4.68. The van der Waals surface area contributed by atoms with Crippen molar-refractivity contribution in [1.82, 2.24) is 9.97 Å². The van der Waals surface area contributed by atoms with Crippen LogP contribution in [-0.2, 0) is 16.7 Å². The monoisotopic (exact) mass is 467 g/mol. The molecule has 32 heavy (non-hydrogen) atoms. The number of hydrogen-bond acceptors (Lipinski definition) is 4. The molecule has 0 saturated heterocycles. The van der Waals surface area contributed by atoms with E-state index >= 15 is 0 Å². The van der Waals surface area contributed by atoms with Gasteiger partial charge in [-0.1, -0.05) is 47.5 Å². The van der Waals surface area contributed by atoms with E-state index in [0.29, 0.717) is 29.2 Å². The van der Waals surface area contributed by atoms with Gasteiger partial charge in [0.2, 0.25) is 0 Å². The molecular weight excluding hydrogens is 441 g/mol. The maximum Gasteiger partial charge on any atom is 0.148 e. The van der Waals surface area contributed by atoms with Gasteiger partial charge in [-0.15, -0.1) is 0 Å². The van der Waals surface area contributed by atoms with Crippen molar-refractivity contribution < 1.29 is 4.74 Å². The Balaban J connectivity index is 1.57. The van der Waals surface area contributed by atoms with Crippen LogP contribution in [0.15, 0.2) is 42.5 Å². The van der Waals surface area contributed by atoms with Crippen LogP contribution in [0.5, 0.6) is 0 Å². The van der Waals surface area contributed by atoms with E-state index in [-0.39, 0.29) is 5.54 Å². The molecule has 1 saturated carbocycles. The van der Waals surface area contributed by atoms with E-state index in [1.54, 1.807) is 6.07 Å². The van der Waals surface area contributed by atoms with Gasteiger partial charge < -0.3 is 10.1 Å². The molecule has 2 aromatic carbocycles. The standard InChI is InChI=1S/C26H27Cl2N3O/c1-3-32-15-26(13-12-17-6-4-5-7-21(17)26)31-25-16(2)29-24(23(30-25)18-8-9-18)20-11-10-19(27)14-22(20)28/h4-7,10-11,14,18H,3,8-9,12-13,15H2,1-2H3,(H,30,31)/t26-/m1/s1.